The maximum Gasteiger partial charge on any atom is 0.323 e. The van der Waals surface area contributed by atoms with Gasteiger partial charge in [0.05, 0.1) is 11.0 Å². The van der Waals surface area contributed by atoms with E-state index in [0.29, 0.717) is 12.1 Å². The van der Waals surface area contributed by atoms with Gasteiger partial charge in [-0.25, -0.2) is 4.79 Å². The number of hydrogen-bond donors (Lipinski definition) is 3. The van der Waals surface area contributed by atoms with Crippen molar-refractivity contribution in [3.8, 4) is 0 Å². The SMILES string of the molecule is CC1CC(NCc2ccc3[nH]c(=O)[nH]c3c2)CCN1C. The van der Waals surface area contributed by atoms with E-state index in [1.807, 2.05) is 12.1 Å². The molecule has 2 heterocycles. The summed E-state index contributed by atoms with van der Waals surface area (Å²) in [5.74, 6) is 0. The van der Waals surface area contributed by atoms with Crippen LogP contribution in [-0.2, 0) is 6.54 Å². The zero-order valence-corrected chi connectivity index (χ0v) is 12.1. The first-order valence-corrected chi connectivity index (χ1v) is 7.26. The first-order chi connectivity index (χ1) is 9.61. The monoisotopic (exact) mass is 274 g/mol. The van der Waals surface area contributed by atoms with E-state index in [4.69, 9.17) is 0 Å². The molecular formula is C15H22N4O. The zero-order valence-electron chi connectivity index (χ0n) is 12.1. The predicted molar refractivity (Wildman–Crippen MR) is 80.9 cm³/mol. The fourth-order valence-electron chi connectivity index (χ4n) is 2.93. The zero-order chi connectivity index (χ0) is 14.1. The molecule has 20 heavy (non-hydrogen) atoms. The van der Waals surface area contributed by atoms with Crippen molar-refractivity contribution in [2.24, 2.45) is 0 Å². The Morgan fingerprint density at radius 1 is 1.35 bits per heavy atom. The van der Waals surface area contributed by atoms with Crippen molar-refractivity contribution in [2.45, 2.75) is 38.4 Å². The van der Waals surface area contributed by atoms with Gasteiger partial charge in [0.25, 0.3) is 0 Å². The number of likely N-dealkylation sites (tertiary alicyclic amines) is 1. The van der Waals surface area contributed by atoms with Crippen molar-refractivity contribution in [1.29, 1.82) is 0 Å². The highest BCUT2D eigenvalue weighted by Crippen LogP contribution is 2.16. The van der Waals surface area contributed by atoms with Crippen LogP contribution in [0.4, 0.5) is 0 Å². The molecule has 1 saturated heterocycles. The molecule has 2 atom stereocenters. The topological polar surface area (TPSA) is 63.9 Å². The molecule has 1 aliphatic rings. The lowest BCUT2D eigenvalue weighted by Gasteiger charge is -2.35. The van der Waals surface area contributed by atoms with Gasteiger partial charge >= 0.3 is 5.69 Å². The molecule has 0 aliphatic carbocycles. The molecule has 5 heteroatoms. The third kappa shape index (κ3) is 2.78. The largest absolute Gasteiger partial charge is 0.323 e. The summed E-state index contributed by atoms with van der Waals surface area (Å²) in [7, 11) is 2.19. The molecule has 0 saturated carbocycles. The van der Waals surface area contributed by atoms with Crippen LogP contribution in [0.1, 0.15) is 25.3 Å². The number of H-pyrrole nitrogens is 2. The van der Waals surface area contributed by atoms with E-state index in [1.54, 1.807) is 0 Å². The lowest BCUT2D eigenvalue weighted by Crippen LogP contribution is -2.45. The van der Waals surface area contributed by atoms with E-state index in [-0.39, 0.29) is 5.69 Å². The molecule has 1 aromatic heterocycles. The molecule has 2 aromatic rings. The summed E-state index contributed by atoms with van der Waals surface area (Å²) in [6, 6.07) is 7.30. The highest BCUT2D eigenvalue weighted by molar-refractivity contribution is 5.74. The van der Waals surface area contributed by atoms with Crippen LogP contribution in [0.3, 0.4) is 0 Å². The number of nitrogens with zero attached hydrogens (tertiary/aromatic N) is 1. The van der Waals surface area contributed by atoms with Gasteiger partial charge in [-0.05, 0) is 51.1 Å². The summed E-state index contributed by atoms with van der Waals surface area (Å²) >= 11 is 0. The fourth-order valence-corrected chi connectivity index (χ4v) is 2.93. The highest BCUT2D eigenvalue weighted by atomic mass is 16.1. The molecule has 0 amide bonds. The third-order valence-corrected chi connectivity index (χ3v) is 4.38. The van der Waals surface area contributed by atoms with E-state index in [9.17, 15) is 4.79 Å². The average Bonchev–Trinajstić information content (AvgIpc) is 2.79. The smallest absolute Gasteiger partial charge is 0.310 e. The van der Waals surface area contributed by atoms with E-state index >= 15 is 0 Å². The minimum atomic E-state index is -0.144. The van der Waals surface area contributed by atoms with Gasteiger partial charge in [0.15, 0.2) is 0 Å². The third-order valence-electron chi connectivity index (χ3n) is 4.38. The lowest BCUT2D eigenvalue weighted by molar-refractivity contribution is 0.168. The minimum Gasteiger partial charge on any atom is -0.310 e. The van der Waals surface area contributed by atoms with Crippen molar-refractivity contribution >= 4 is 11.0 Å². The van der Waals surface area contributed by atoms with Crippen molar-refractivity contribution in [2.75, 3.05) is 13.6 Å². The van der Waals surface area contributed by atoms with Gasteiger partial charge in [-0.1, -0.05) is 6.07 Å². The van der Waals surface area contributed by atoms with Crippen molar-refractivity contribution in [3.05, 3.63) is 34.2 Å². The predicted octanol–water partition coefficient (Wildman–Crippen LogP) is 1.43. The molecule has 0 bridgehead atoms. The number of piperidine rings is 1. The van der Waals surface area contributed by atoms with Crippen LogP contribution in [-0.4, -0.2) is 40.5 Å². The second-order valence-corrected chi connectivity index (χ2v) is 5.89. The molecule has 0 spiro atoms. The van der Waals surface area contributed by atoms with Crippen LogP contribution in [0.5, 0.6) is 0 Å². The Morgan fingerprint density at radius 3 is 2.95 bits per heavy atom. The number of imidazole rings is 1. The Hall–Kier alpha value is -1.59. The summed E-state index contributed by atoms with van der Waals surface area (Å²) in [4.78, 5) is 19.2. The van der Waals surface area contributed by atoms with E-state index < -0.39 is 0 Å². The molecule has 1 fully saturated rings. The summed E-state index contributed by atoms with van der Waals surface area (Å²) in [5.41, 5.74) is 2.81. The molecule has 1 aliphatic heterocycles. The van der Waals surface area contributed by atoms with Gasteiger partial charge < -0.3 is 20.2 Å². The summed E-state index contributed by atoms with van der Waals surface area (Å²) in [5, 5.41) is 3.63. The van der Waals surface area contributed by atoms with Gasteiger partial charge in [-0.2, -0.15) is 0 Å². The van der Waals surface area contributed by atoms with Crippen molar-refractivity contribution in [1.82, 2.24) is 20.2 Å². The van der Waals surface area contributed by atoms with Gasteiger partial charge in [0.1, 0.15) is 0 Å². The van der Waals surface area contributed by atoms with Gasteiger partial charge in [-0.15, -0.1) is 0 Å². The number of fused-ring (bicyclic) bond motifs is 1. The fraction of sp³-hybridized carbons (Fsp3) is 0.533. The minimum absolute atomic E-state index is 0.144. The van der Waals surface area contributed by atoms with Crippen LogP contribution in [0, 0.1) is 0 Å². The number of hydrogen-bond acceptors (Lipinski definition) is 3. The normalized spacial score (nSPS) is 24.3. The van der Waals surface area contributed by atoms with Crippen LogP contribution in [0.2, 0.25) is 0 Å². The molecule has 0 radical (unpaired) electrons. The van der Waals surface area contributed by atoms with E-state index in [0.717, 1.165) is 24.1 Å². The number of aromatic amines is 2. The first-order valence-electron chi connectivity index (χ1n) is 7.26. The molecule has 1 aromatic carbocycles. The second kappa shape index (κ2) is 5.42. The molecule has 108 valence electrons. The molecule has 3 N–H and O–H groups in total. The van der Waals surface area contributed by atoms with E-state index in [2.05, 4.69) is 40.2 Å². The molecular weight excluding hydrogens is 252 g/mol. The van der Waals surface area contributed by atoms with Crippen LogP contribution in [0.15, 0.2) is 23.0 Å². The molecule has 5 nitrogen and oxygen atoms in total. The standard InChI is InChI=1S/C15H22N4O/c1-10-7-12(5-6-19(10)2)16-9-11-3-4-13-14(8-11)18-15(20)17-13/h3-4,8,10,12,16H,5-7,9H2,1-2H3,(H2,17,18,20). The van der Waals surface area contributed by atoms with Crippen molar-refractivity contribution in [3.63, 3.8) is 0 Å². The van der Waals surface area contributed by atoms with Crippen LogP contribution < -0.4 is 11.0 Å². The number of rotatable bonds is 3. The quantitative estimate of drug-likeness (QED) is 0.793. The first kappa shape index (κ1) is 13.4. The Bertz CT molecular complexity index is 645. The second-order valence-electron chi connectivity index (χ2n) is 5.89. The average molecular weight is 274 g/mol. The Labute approximate surface area is 118 Å². The van der Waals surface area contributed by atoms with Gasteiger partial charge in [-0.3, -0.25) is 0 Å². The number of nitrogens with one attached hydrogen (secondary N) is 3. The van der Waals surface area contributed by atoms with Gasteiger partial charge in [0.2, 0.25) is 0 Å². The summed E-state index contributed by atoms with van der Waals surface area (Å²) < 4.78 is 0. The van der Waals surface area contributed by atoms with Crippen LogP contribution >= 0.6 is 0 Å². The van der Waals surface area contributed by atoms with E-state index in [1.165, 1.54) is 18.4 Å². The highest BCUT2D eigenvalue weighted by Gasteiger charge is 2.22. The number of aromatic nitrogens is 2. The molecule has 2 unspecified atom stereocenters. The summed E-state index contributed by atoms with van der Waals surface area (Å²) in [6.07, 6.45) is 2.39. The maximum absolute atomic E-state index is 11.2. The van der Waals surface area contributed by atoms with Gasteiger partial charge in [0, 0.05) is 18.6 Å². The maximum atomic E-state index is 11.2. The lowest BCUT2D eigenvalue weighted by atomic mass is 9.98. The Balaban J connectivity index is 1.63. The Kier molecular flexibility index (Phi) is 3.63. The van der Waals surface area contributed by atoms with Crippen LogP contribution in [0.25, 0.3) is 11.0 Å². The number of benzene rings is 1. The molecule has 3 rings (SSSR count). The van der Waals surface area contributed by atoms with Crippen molar-refractivity contribution < 1.29 is 0 Å². The Morgan fingerprint density at radius 2 is 2.15 bits per heavy atom. The summed E-state index contributed by atoms with van der Waals surface area (Å²) in [6.45, 7) is 4.29.